The smallest absolute Gasteiger partial charge is 0.345 e. The lowest BCUT2D eigenvalue weighted by atomic mass is 10.1. The van der Waals surface area contributed by atoms with E-state index in [0.717, 1.165) is 11.3 Å². The summed E-state index contributed by atoms with van der Waals surface area (Å²) in [5.41, 5.74) is 1.90. The minimum atomic E-state index is -0.721. The number of nitrogens with one attached hydrogen (secondary N) is 2. The highest BCUT2D eigenvalue weighted by Crippen LogP contribution is 2.28. The van der Waals surface area contributed by atoms with Gasteiger partial charge in [-0.1, -0.05) is 25.1 Å². The molecule has 1 amide bonds. The van der Waals surface area contributed by atoms with Crippen molar-refractivity contribution in [2.24, 2.45) is 5.92 Å². The highest BCUT2D eigenvalue weighted by Gasteiger charge is 2.25. The second kappa shape index (κ2) is 8.19. The lowest BCUT2D eigenvalue weighted by Gasteiger charge is -2.11. The molecule has 2 rings (SSSR count). The number of hydrogen-bond acceptors (Lipinski definition) is 5. The number of esters is 1. The summed E-state index contributed by atoms with van der Waals surface area (Å²) in [6.45, 7) is 5.48. The van der Waals surface area contributed by atoms with Crippen LogP contribution in [0.25, 0.3) is 0 Å². The van der Waals surface area contributed by atoms with Crippen LogP contribution in [0.5, 0.6) is 0 Å². The first-order chi connectivity index (χ1) is 11.9. The predicted octanol–water partition coefficient (Wildman–Crippen LogP) is 3.03. The zero-order valence-electron chi connectivity index (χ0n) is 14.5. The van der Waals surface area contributed by atoms with Crippen LogP contribution in [0.4, 0.5) is 5.69 Å². The summed E-state index contributed by atoms with van der Waals surface area (Å²) in [6.07, 6.45) is 2.81. The monoisotopic (exact) mass is 342 g/mol. The van der Waals surface area contributed by atoms with Gasteiger partial charge in [-0.25, -0.2) is 4.79 Å². The van der Waals surface area contributed by atoms with Gasteiger partial charge >= 0.3 is 5.97 Å². The van der Waals surface area contributed by atoms with Gasteiger partial charge in [0.25, 0.3) is 5.91 Å². The highest BCUT2D eigenvalue weighted by atomic mass is 16.5. The Morgan fingerprint density at radius 1 is 1.28 bits per heavy atom. The third-order valence-corrected chi connectivity index (χ3v) is 3.96. The maximum absolute atomic E-state index is 12.5. The Hall–Kier alpha value is -3.02. The normalized spacial score (nSPS) is 17.2. The molecular formula is C19H22N2O4. The number of carbonyl (C=O) groups is 2. The summed E-state index contributed by atoms with van der Waals surface area (Å²) in [5.74, 6) is -1.31. The van der Waals surface area contributed by atoms with Crippen molar-refractivity contribution in [2.45, 2.75) is 20.8 Å². The van der Waals surface area contributed by atoms with E-state index in [1.165, 1.54) is 12.3 Å². The molecular weight excluding hydrogens is 320 g/mol. The lowest BCUT2D eigenvalue weighted by Crippen LogP contribution is -2.29. The molecule has 0 saturated heterocycles. The number of benzene rings is 1. The number of rotatable bonds is 6. The van der Waals surface area contributed by atoms with E-state index in [1.54, 1.807) is 6.92 Å². The summed E-state index contributed by atoms with van der Waals surface area (Å²) in [4.78, 5) is 24.6. The molecule has 1 aliphatic carbocycles. The Morgan fingerprint density at radius 2 is 1.96 bits per heavy atom. The van der Waals surface area contributed by atoms with E-state index in [-0.39, 0.29) is 23.9 Å². The largest absolute Gasteiger partial charge is 0.512 e. The summed E-state index contributed by atoms with van der Waals surface area (Å²) in [7, 11) is 0. The Labute approximate surface area is 146 Å². The second-order valence-corrected chi connectivity index (χ2v) is 5.63. The Bertz CT molecular complexity index is 748. The number of hydrogen-bond donors (Lipinski definition) is 3. The lowest BCUT2D eigenvalue weighted by molar-refractivity contribution is -0.140. The second-order valence-electron chi connectivity index (χ2n) is 5.63. The first-order valence-corrected chi connectivity index (χ1v) is 8.05. The molecule has 6 heteroatoms. The van der Waals surface area contributed by atoms with Crippen molar-refractivity contribution < 1.29 is 19.4 Å². The van der Waals surface area contributed by atoms with E-state index in [2.05, 4.69) is 10.6 Å². The Kier molecular flexibility index (Phi) is 6.00. The molecule has 0 radical (unpaired) electrons. The molecule has 0 heterocycles. The molecule has 0 fully saturated rings. The summed E-state index contributed by atoms with van der Waals surface area (Å²) in [6, 6.07) is 9.15. The van der Waals surface area contributed by atoms with E-state index < -0.39 is 11.9 Å². The summed E-state index contributed by atoms with van der Waals surface area (Å²) >= 11 is 0. The van der Waals surface area contributed by atoms with Crippen LogP contribution in [-0.2, 0) is 14.3 Å². The fraction of sp³-hybridized carbons (Fsp3) is 0.263. The molecule has 25 heavy (non-hydrogen) atoms. The van der Waals surface area contributed by atoms with Crippen molar-refractivity contribution in [3.05, 3.63) is 65.2 Å². The van der Waals surface area contributed by atoms with Crippen LogP contribution >= 0.6 is 0 Å². The molecule has 0 bridgehead atoms. The molecule has 1 aromatic rings. The SMILES string of the molecule is CCOC(=O)/C(=C\Nc1ccccc1)C(=O)NC1=C(C)[C@H](C)C(O)=C1. The average molecular weight is 342 g/mol. The number of amides is 1. The standard InChI is InChI=1S/C19H22N2O4/c1-4-25-19(24)15(11-20-14-8-6-5-7-9-14)18(23)21-16-10-17(22)13(3)12(16)2/h5-11,13,20,22H,4H2,1-3H3,(H,21,23)/b15-11-/t13-/m0/s1. The molecule has 1 aromatic carbocycles. The molecule has 132 valence electrons. The number of allylic oxidation sites excluding steroid dienone is 2. The van der Waals surface area contributed by atoms with E-state index in [1.807, 2.05) is 44.2 Å². The van der Waals surface area contributed by atoms with E-state index in [0.29, 0.717) is 5.70 Å². The maximum atomic E-state index is 12.5. The third kappa shape index (κ3) is 4.50. The van der Waals surface area contributed by atoms with Gasteiger partial charge in [-0.05, 0) is 37.6 Å². The van der Waals surface area contributed by atoms with Gasteiger partial charge in [-0.3, -0.25) is 4.79 Å². The zero-order chi connectivity index (χ0) is 18.4. The van der Waals surface area contributed by atoms with Crippen molar-refractivity contribution in [3.63, 3.8) is 0 Å². The summed E-state index contributed by atoms with van der Waals surface area (Å²) in [5, 5.41) is 15.4. The fourth-order valence-corrected chi connectivity index (χ4v) is 2.28. The molecule has 0 spiro atoms. The number of carbonyl (C=O) groups excluding carboxylic acids is 2. The van der Waals surface area contributed by atoms with Crippen molar-refractivity contribution in [1.29, 1.82) is 0 Å². The van der Waals surface area contributed by atoms with Crippen molar-refractivity contribution >= 4 is 17.6 Å². The minimum Gasteiger partial charge on any atom is -0.512 e. The van der Waals surface area contributed by atoms with Crippen molar-refractivity contribution in [3.8, 4) is 0 Å². The van der Waals surface area contributed by atoms with Crippen LogP contribution in [0.2, 0.25) is 0 Å². The topological polar surface area (TPSA) is 87.7 Å². The van der Waals surface area contributed by atoms with Crippen LogP contribution in [0.3, 0.4) is 0 Å². The number of para-hydroxylation sites is 1. The molecule has 0 saturated carbocycles. The van der Waals surface area contributed by atoms with Gasteiger partial charge in [-0.2, -0.15) is 0 Å². The van der Waals surface area contributed by atoms with E-state index >= 15 is 0 Å². The van der Waals surface area contributed by atoms with Crippen LogP contribution in [0.1, 0.15) is 20.8 Å². The number of aliphatic hydroxyl groups excluding tert-OH is 1. The first kappa shape index (κ1) is 18.3. The predicted molar refractivity (Wildman–Crippen MR) is 95.5 cm³/mol. The quantitative estimate of drug-likeness (QED) is 0.320. The minimum absolute atomic E-state index is 0.154. The van der Waals surface area contributed by atoms with Crippen molar-refractivity contribution in [1.82, 2.24) is 5.32 Å². The third-order valence-electron chi connectivity index (χ3n) is 3.96. The van der Waals surface area contributed by atoms with Gasteiger partial charge in [0.1, 0.15) is 11.3 Å². The van der Waals surface area contributed by atoms with Crippen LogP contribution in [0, 0.1) is 5.92 Å². The molecule has 1 aliphatic rings. The average Bonchev–Trinajstić information content (AvgIpc) is 2.83. The molecule has 0 aromatic heterocycles. The van der Waals surface area contributed by atoms with Gasteiger partial charge in [0, 0.05) is 23.5 Å². The van der Waals surface area contributed by atoms with Crippen LogP contribution in [-0.4, -0.2) is 23.6 Å². The maximum Gasteiger partial charge on any atom is 0.345 e. The molecule has 3 N–H and O–H groups in total. The highest BCUT2D eigenvalue weighted by molar-refractivity contribution is 6.17. The number of anilines is 1. The summed E-state index contributed by atoms with van der Waals surface area (Å²) < 4.78 is 4.96. The molecule has 0 unspecified atom stereocenters. The van der Waals surface area contributed by atoms with Crippen molar-refractivity contribution in [2.75, 3.05) is 11.9 Å². The Balaban J connectivity index is 2.20. The van der Waals surface area contributed by atoms with Gasteiger partial charge in [-0.15, -0.1) is 0 Å². The first-order valence-electron chi connectivity index (χ1n) is 8.05. The fourth-order valence-electron chi connectivity index (χ4n) is 2.28. The van der Waals surface area contributed by atoms with E-state index in [9.17, 15) is 14.7 Å². The molecule has 1 atom stereocenters. The number of ether oxygens (including phenoxy) is 1. The van der Waals surface area contributed by atoms with Gasteiger partial charge < -0.3 is 20.5 Å². The van der Waals surface area contributed by atoms with Crippen LogP contribution in [0.15, 0.2) is 65.2 Å². The van der Waals surface area contributed by atoms with Crippen LogP contribution < -0.4 is 10.6 Å². The molecule has 0 aliphatic heterocycles. The zero-order valence-corrected chi connectivity index (χ0v) is 14.5. The van der Waals surface area contributed by atoms with E-state index in [4.69, 9.17) is 4.74 Å². The van der Waals surface area contributed by atoms with Gasteiger partial charge in [0.15, 0.2) is 0 Å². The van der Waals surface area contributed by atoms with Gasteiger partial charge in [0.2, 0.25) is 0 Å². The number of aliphatic hydroxyl groups is 1. The van der Waals surface area contributed by atoms with Gasteiger partial charge in [0.05, 0.1) is 6.61 Å². The Morgan fingerprint density at radius 3 is 2.52 bits per heavy atom. The molecule has 6 nitrogen and oxygen atoms in total.